The fourth-order valence-electron chi connectivity index (χ4n) is 6.93. The van der Waals surface area contributed by atoms with E-state index < -0.39 is 17.5 Å². The number of hydrogen-bond acceptors (Lipinski definition) is 7. The number of carbonyl (C=O) groups is 1. The third-order valence-corrected chi connectivity index (χ3v) is 8.16. The second-order valence-electron chi connectivity index (χ2n) is 9.93. The summed E-state index contributed by atoms with van der Waals surface area (Å²) in [6, 6.07) is 0. The van der Waals surface area contributed by atoms with E-state index in [0.29, 0.717) is 17.8 Å². The van der Waals surface area contributed by atoms with Crippen LogP contribution in [0.15, 0.2) is 6.33 Å². The van der Waals surface area contributed by atoms with Gasteiger partial charge >= 0.3 is 5.97 Å². The molecule has 4 bridgehead atoms. The van der Waals surface area contributed by atoms with Gasteiger partial charge < -0.3 is 9.47 Å². The maximum atomic E-state index is 11.5. The maximum absolute atomic E-state index is 11.5. The third-order valence-electron chi connectivity index (χ3n) is 8.16. The Morgan fingerprint density at radius 2 is 1.83 bits per heavy atom. The Morgan fingerprint density at radius 3 is 2.48 bits per heavy atom. The molecule has 0 N–H and O–H groups in total. The molecule has 1 saturated heterocycles. The van der Waals surface area contributed by atoms with Gasteiger partial charge in [-0.05, 0) is 62.7 Å². The van der Waals surface area contributed by atoms with E-state index in [1.54, 1.807) is 11.0 Å². The molecule has 1 aromatic heterocycles. The van der Waals surface area contributed by atoms with E-state index in [0.717, 1.165) is 44.1 Å². The maximum Gasteiger partial charge on any atom is 0.377 e. The third kappa shape index (κ3) is 2.86. The molecule has 0 aromatic carbocycles. The van der Waals surface area contributed by atoms with Crippen molar-refractivity contribution in [2.45, 2.75) is 75.9 Å². The average Bonchev–Trinajstić information content (AvgIpc) is 3.33. The van der Waals surface area contributed by atoms with Crippen molar-refractivity contribution in [3.63, 3.8) is 0 Å². The number of nitrogens with zero attached hydrogens (tertiary/aromatic N) is 3. The quantitative estimate of drug-likeness (QED) is 0.566. The first-order valence-corrected chi connectivity index (χ1v) is 11.1. The Hall–Kier alpha value is -1.51. The van der Waals surface area contributed by atoms with Crippen molar-refractivity contribution in [1.29, 1.82) is 0 Å². The molecule has 0 unspecified atom stereocenters. The van der Waals surface area contributed by atoms with E-state index in [9.17, 15) is 4.79 Å². The smallest absolute Gasteiger partial charge is 0.377 e. The molecule has 0 atom stereocenters. The second-order valence-corrected chi connectivity index (χ2v) is 9.93. The minimum Gasteiger partial charge on any atom is -0.463 e. The molecule has 6 aliphatic rings. The molecular formula is C21H29N3O5. The highest BCUT2D eigenvalue weighted by Gasteiger charge is 2.66. The number of ether oxygens (including phenoxy) is 2. The first-order valence-electron chi connectivity index (χ1n) is 11.1. The van der Waals surface area contributed by atoms with Crippen LogP contribution in [-0.4, -0.2) is 39.4 Å². The van der Waals surface area contributed by atoms with Gasteiger partial charge in [-0.3, -0.25) is 4.68 Å². The highest BCUT2D eigenvalue weighted by molar-refractivity contribution is 5.84. The molecular weight excluding hydrogens is 374 g/mol. The van der Waals surface area contributed by atoms with E-state index >= 15 is 0 Å². The lowest BCUT2D eigenvalue weighted by Gasteiger charge is -2.57. The van der Waals surface area contributed by atoms with E-state index in [4.69, 9.17) is 14.5 Å². The molecule has 1 aromatic rings. The van der Waals surface area contributed by atoms with Gasteiger partial charge in [-0.15, -0.1) is 5.10 Å². The zero-order chi connectivity index (χ0) is 19.6. The lowest BCUT2D eigenvalue weighted by atomic mass is 9.53. The van der Waals surface area contributed by atoms with Gasteiger partial charge in [0.1, 0.15) is 6.33 Å². The average molecular weight is 403 g/mol. The van der Waals surface area contributed by atoms with Gasteiger partial charge in [0, 0.05) is 31.2 Å². The second kappa shape index (κ2) is 6.49. The number of methoxy groups -OCH3 is 1. The van der Waals surface area contributed by atoms with Gasteiger partial charge in [-0.1, -0.05) is 0 Å². The molecule has 0 radical (unpaired) electrons. The van der Waals surface area contributed by atoms with Crippen molar-refractivity contribution in [3.8, 4) is 0 Å². The predicted molar refractivity (Wildman–Crippen MR) is 99.1 cm³/mol. The molecule has 8 nitrogen and oxygen atoms in total. The van der Waals surface area contributed by atoms with Crippen LogP contribution < -0.4 is 0 Å². The normalized spacial score (nSPS) is 45.3. The summed E-state index contributed by atoms with van der Waals surface area (Å²) in [6.07, 6.45) is 11.6. The van der Waals surface area contributed by atoms with Gasteiger partial charge in [-0.2, -0.15) is 9.78 Å². The summed E-state index contributed by atoms with van der Waals surface area (Å²) in [5.74, 6) is 1.75. The molecule has 29 heavy (non-hydrogen) atoms. The van der Waals surface area contributed by atoms with Crippen LogP contribution in [0.3, 0.4) is 0 Å². The van der Waals surface area contributed by atoms with Gasteiger partial charge in [0.05, 0.1) is 7.11 Å². The van der Waals surface area contributed by atoms with Crippen LogP contribution in [0.1, 0.15) is 68.4 Å². The van der Waals surface area contributed by atoms with Gasteiger partial charge in [-0.25, -0.2) is 9.78 Å². The Kier molecular flexibility index (Phi) is 4.09. The molecule has 5 aliphatic carbocycles. The fraction of sp³-hybridized carbons (Fsp3) is 0.857. The van der Waals surface area contributed by atoms with Gasteiger partial charge in [0.25, 0.3) is 5.82 Å². The number of rotatable bonds is 3. The summed E-state index contributed by atoms with van der Waals surface area (Å²) in [7, 11) is 1.34. The van der Waals surface area contributed by atoms with Crippen molar-refractivity contribution >= 4 is 5.97 Å². The Labute approximate surface area is 170 Å². The predicted octanol–water partition coefficient (Wildman–Crippen LogP) is 3.08. The number of esters is 1. The van der Waals surface area contributed by atoms with E-state index in [2.05, 4.69) is 14.8 Å². The summed E-state index contributed by atoms with van der Waals surface area (Å²) in [5.41, 5.74) is 0. The van der Waals surface area contributed by atoms with Crippen molar-refractivity contribution in [2.75, 3.05) is 7.11 Å². The summed E-state index contributed by atoms with van der Waals surface area (Å²) < 4.78 is 13.2. The van der Waals surface area contributed by atoms with Crippen LogP contribution >= 0.6 is 0 Å². The van der Waals surface area contributed by atoms with E-state index in [1.807, 2.05) is 0 Å². The Morgan fingerprint density at radius 1 is 1.14 bits per heavy atom. The molecule has 8 heteroatoms. The van der Waals surface area contributed by atoms with Crippen LogP contribution in [-0.2, 0) is 25.8 Å². The first kappa shape index (κ1) is 18.3. The summed E-state index contributed by atoms with van der Waals surface area (Å²) in [6.45, 7) is 0.737. The van der Waals surface area contributed by atoms with E-state index in [1.165, 1.54) is 39.2 Å². The molecule has 2 heterocycles. The molecule has 6 fully saturated rings. The van der Waals surface area contributed by atoms with Crippen molar-refractivity contribution < 1.29 is 24.0 Å². The van der Waals surface area contributed by atoms with Crippen molar-refractivity contribution in [3.05, 3.63) is 12.2 Å². The SMILES string of the molecule is COC(=O)c1ncn(CC2CCC3(CC2)OOC2(O3)C3CC4CC(C3)CC2C4)n1. The standard InChI is InChI=1S/C21H29N3O5/c1-26-19(25)18-22-12-24(23-18)11-13-2-4-20(5-3-13)27-21(29-28-20)16-7-14-6-15(9-16)10-17(21)8-14/h12-17H,2-11H2,1H3. The topological polar surface area (TPSA) is 84.7 Å². The first-order chi connectivity index (χ1) is 14.1. The number of aromatic nitrogens is 3. The lowest BCUT2D eigenvalue weighted by molar-refractivity contribution is -0.390. The van der Waals surface area contributed by atoms with Crippen LogP contribution in [0.25, 0.3) is 0 Å². The van der Waals surface area contributed by atoms with Crippen LogP contribution in [0.5, 0.6) is 0 Å². The van der Waals surface area contributed by atoms with Crippen molar-refractivity contribution in [1.82, 2.24) is 14.8 Å². The van der Waals surface area contributed by atoms with Crippen LogP contribution in [0.4, 0.5) is 0 Å². The molecule has 1 aliphatic heterocycles. The largest absolute Gasteiger partial charge is 0.463 e. The zero-order valence-electron chi connectivity index (χ0n) is 16.9. The van der Waals surface area contributed by atoms with E-state index in [-0.39, 0.29) is 5.82 Å². The summed E-state index contributed by atoms with van der Waals surface area (Å²) in [5, 5.41) is 4.23. The minimum atomic E-state index is -0.578. The fourth-order valence-corrected chi connectivity index (χ4v) is 6.93. The van der Waals surface area contributed by atoms with Crippen LogP contribution in [0, 0.1) is 29.6 Å². The Bertz CT molecular complexity index is 772. The zero-order valence-corrected chi connectivity index (χ0v) is 16.9. The molecule has 158 valence electrons. The monoisotopic (exact) mass is 403 g/mol. The minimum absolute atomic E-state index is 0.111. The van der Waals surface area contributed by atoms with Gasteiger partial charge in [0.15, 0.2) is 0 Å². The summed E-state index contributed by atoms with van der Waals surface area (Å²) >= 11 is 0. The molecule has 0 amide bonds. The summed E-state index contributed by atoms with van der Waals surface area (Å²) in [4.78, 5) is 27.7. The van der Waals surface area contributed by atoms with Crippen LogP contribution in [0.2, 0.25) is 0 Å². The van der Waals surface area contributed by atoms with Crippen molar-refractivity contribution in [2.24, 2.45) is 29.6 Å². The highest BCUT2D eigenvalue weighted by Crippen LogP contribution is 2.63. The Balaban J connectivity index is 1.09. The molecule has 2 spiro atoms. The molecule has 5 saturated carbocycles. The molecule has 7 rings (SSSR count). The lowest BCUT2D eigenvalue weighted by Crippen LogP contribution is -2.59. The van der Waals surface area contributed by atoms with Gasteiger partial charge in [0.2, 0.25) is 11.6 Å². The number of carbonyl (C=O) groups excluding carboxylic acids is 1. The highest BCUT2D eigenvalue weighted by atomic mass is 17.3. The number of hydrogen-bond donors (Lipinski definition) is 0.